The van der Waals surface area contributed by atoms with Crippen molar-refractivity contribution in [2.45, 2.75) is 0 Å². The van der Waals surface area contributed by atoms with E-state index in [9.17, 15) is 9.50 Å². The highest BCUT2D eigenvalue weighted by atomic mass is 19.1. The molecule has 0 aliphatic carbocycles. The second-order valence-electron chi connectivity index (χ2n) is 2.83. The van der Waals surface area contributed by atoms with Crippen LogP contribution in [-0.4, -0.2) is 12.2 Å². The van der Waals surface area contributed by atoms with Crippen molar-refractivity contribution in [1.29, 1.82) is 10.5 Å². The number of halogens is 1. The summed E-state index contributed by atoms with van der Waals surface area (Å²) in [5.41, 5.74) is -0.210. The monoisotopic (exact) mass is 218 g/mol. The number of nitrogens with zero attached hydrogens (tertiary/aromatic N) is 2. The predicted molar refractivity (Wildman–Crippen MR) is 53.8 cm³/mol. The molecule has 0 aliphatic rings. The Morgan fingerprint density at radius 2 is 2.06 bits per heavy atom. The first-order chi connectivity index (χ1) is 7.62. The molecule has 0 aromatic heterocycles. The van der Waals surface area contributed by atoms with Gasteiger partial charge in [0.2, 0.25) is 0 Å². The van der Waals surface area contributed by atoms with E-state index in [4.69, 9.17) is 15.3 Å². The summed E-state index contributed by atoms with van der Waals surface area (Å²) in [6.07, 6.45) is 1.08. The zero-order valence-electron chi connectivity index (χ0n) is 8.36. The third kappa shape index (κ3) is 2.28. The summed E-state index contributed by atoms with van der Waals surface area (Å²) in [5.74, 6) is -0.996. The highest BCUT2D eigenvalue weighted by Crippen LogP contribution is 2.32. The van der Waals surface area contributed by atoms with Crippen molar-refractivity contribution in [1.82, 2.24) is 0 Å². The maximum Gasteiger partial charge on any atom is 0.165 e. The number of aromatic hydroxyl groups is 1. The molecule has 80 valence electrons. The van der Waals surface area contributed by atoms with Gasteiger partial charge in [-0.2, -0.15) is 10.5 Å². The van der Waals surface area contributed by atoms with Crippen LogP contribution in [-0.2, 0) is 0 Å². The minimum atomic E-state index is -0.629. The fourth-order valence-electron chi connectivity index (χ4n) is 1.11. The van der Waals surface area contributed by atoms with Crippen molar-refractivity contribution >= 4 is 6.08 Å². The molecule has 0 saturated carbocycles. The molecule has 0 saturated heterocycles. The Morgan fingerprint density at radius 1 is 1.44 bits per heavy atom. The molecular formula is C11H7FN2O2. The molecule has 0 atom stereocenters. The fourth-order valence-corrected chi connectivity index (χ4v) is 1.11. The summed E-state index contributed by atoms with van der Waals surface area (Å²) in [6.45, 7) is 0. The molecule has 16 heavy (non-hydrogen) atoms. The SMILES string of the molecule is COc1cc(F)cc(C=C(C#N)C#N)c1O. The number of hydrogen-bond acceptors (Lipinski definition) is 4. The molecule has 0 aliphatic heterocycles. The van der Waals surface area contributed by atoms with E-state index in [1.807, 2.05) is 0 Å². The normalized spacial score (nSPS) is 8.75. The third-order valence-electron chi connectivity index (χ3n) is 1.83. The molecule has 1 rings (SSSR count). The lowest BCUT2D eigenvalue weighted by atomic mass is 10.1. The van der Waals surface area contributed by atoms with Gasteiger partial charge in [-0.25, -0.2) is 4.39 Å². The summed E-state index contributed by atoms with van der Waals surface area (Å²) >= 11 is 0. The number of benzene rings is 1. The predicted octanol–water partition coefficient (Wildman–Crippen LogP) is 1.97. The van der Waals surface area contributed by atoms with E-state index in [-0.39, 0.29) is 22.6 Å². The highest BCUT2D eigenvalue weighted by Gasteiger charge is 2.09. The molecular weight excluding hydrogens is 211 g/mol. The van der Waals surface area contributed by atoms with E-state index in [1.54, 1.807) is 12.1 Å². The average Bonchev–Trinajstić information content (AvgIpc) is 2.29. The van der Waals surface area contributed by atoms with Crippen molar-refractivity contribution in [2.75, 3.05) is 7.11 Å². The molecule has 1 aromatic rings. The minimum absolute atomic E-state index is 0.0231. The maximum atomic E-state index is 13.1. The summed E-state index contributed by atoms with van der Waals surface area (Å²) in [4.78, 5) is 0. The number of rotatable bonds is 2. The third-order valence-corrected chi connectivity index (χ3v) is 1.83. The van der Waals surface area contributed by atoms with E-state index < -0.39 is 5.82 Å². The first-order valence-corrected chi connectivity index (χ1v) is 4.20. The number of hydrogen-bond donors (Lipinski definition) is 1. The van der Waals surface area contributed by atoms with Crippen LogP contribution >= 0.6 is 0 Å². The number of nitriles is 2. The molecule has 0 radical (unpaired) electrons. The van der Waals surface area contributed by atoms with Gasteiger partial charge >= 0.3 is 0 Å². The van der Waals surface area contributed by atoms with Crippen LogP contribution in [0.1, 0.15) is 5.56 Å². The Bertz CT molecular complexity index is 508. The summed E-state index contributed by atoms with van der Waals surface area (Å²) in [5, 5.41) is 26.7. The van der Waals surface area contributed by atoms with Crippen LogP contribution in [0.25, 0.3) is 6.08 Å². The summed E-state index contributed by atoms with van der Waals surface area (Å²) in [6, 6.07) is 5.23. The van der Waals surface area contributed by atoms with Gasteiger partial charge in [0.05, 0.1) is 7.11 Å². The molecule has 5 heteroatoms. The number of allylic oxidation sites excluding steroid dienone is 1. The van der Waals surface area contributed by atoms with Crippen molar-refractivity contribution in [3.8, 4) is 23.6 Å². The van der Waals surface area contributed by atoms with E-state index in [0.29, 0.717) is 0 Å². The first-order valence-electron chi connectivity index (χ1n) is 4.20. The van der Waals surface area contributed by atoms with Crippen LogP contribution < -0.4 is 4.74 Å². The van der Waals surface area contributed by atoms with Gasteiger partial charge in [0.25, 0.3) is 0 Å². The smallest absolute Gasteiger partial charge is 0.165 e. The highest BCUT2D eigenvalue weighted by molar-refractivity contribution is 5.68. The lowest BCUT2D eigenvalue weighted by Gasteiger charge is -2.06. The van der Waals surface area contributed by atoms with Crippen LogP contribution in [0.15, 0.2) is 17.7 Å². The lowest BCUT2D eigenvalue weighted by molar-refractivity contribution is 0.369. The van der Waals surface area contributed by atoms with Crippen LogP contribution in [0.2, 0.25) is 0 Å². The first kappa shape index (κ1) is 11.5. The topological polar surface area (TPSA) is 77.0 Å². The van der Waals surface area contributed by atoms with Gasteiger partial charge in [-0.05, 0) is 12.1 Å². The van der Waals surface area contributed by atoms with Gasteiger partial charge in [0.1, 0.15) is 23.5 Å². The Morgan fingerprint density at radius 3 is 2.56 bits per heavy atom. The maximum absolute atomic E-state index is 13.1. The molecule has 0 heterocycles. The van der Waals surface area contributed by atoms with Gasteiger partial charge < -0.3 is 9.84 Å². The van der Waals surface area contributed by atoms with E-state index in [1.165, 1.54) is 7.11 Å². The van der Waals surface area contributed by atoms with Gasteiger partial charge in [0.15, 0.2) is 11.5 Å². The second-order valence-corrected chi connectivity index (χ2v) is 2.83. The van der Waals surface area contributed by atoms with Crippen molar-refractivity contribution < 1.29 is 14.2 Å². The number of phenolic OH excluding ortho intramolecular Hbond substituents is 1. The van der Waals surface area contributed by atoms with Crippen molar-refractivity contribution in [3.05, 3.63) is 29.1 Å². The zero-order valence-corrected chi connectivity index (χ0v) is 8.36. The standard InChI is InChI=1S/C11H7FN2O2/c1-16-10-4-9(12)3-8(11(10)15)2-7(5-13)6-14/h2-4,15H,1H3. The quantitative estimate of drug-likeness (QED) is 0.770. The Hall–Kier alpha value is -2.53. The Kier molecular flexibility index (Phi) is 3.47. The van der Waals surface area contributed by atoms with Crippen LogP contribution in [0.4, 0.5) is 4.39 Å². The van der Waals surface area contributed by atoms with Gasteiger partial charge in [-0.1, -0.05) is 0 Å². The van der Waals surface area contributed by atoms with Gasteiger partial charge in [0, 0.05) is 11.6 Å². The molecule has 1 aromatic carbocycles. The molecule has 4 nitrogen and oxygen atoms in total. The summed E-state index contributed by atoms with van der Waals surface area (Å²) < 4.78 is 17.8. The van der Waals surface area contributed by atoms with Gasteiger partial charge in [-0.15, -0.1) is 0 Å². The molecule has 1 N–H and O–H groups in total. The molecule has 0 bridgehead atoms. The minimum Gasteiger partial charge on any atom is -0.504 e. The lowest BCUT2D eigenvalue weighted by Crippen LogP contribution is -1.88. The van der Waals surface area contributed by atoms with Crippen molar-refractivity contribution in [2.24, 2.45) is 0 Å². The molecule has 0 fully saturated rings. The summed E-state index contributed by atoms with van der Waals surface area (Å²) in [7, 11) is 1.28. The van der Waals surface area contributed by atoms with Crippen LogP contribution in [0.3, 0.4) is 0 Å². The zero-order chi connectivity index (χ0) is 12.1. The molecule has 0 amide bonds. The van der Waals surface area contributed by atoms with E-state index in [0.717, 1.165) is 18.2 Å². The fraction of sp³-hybridized carbons (Fsp3) is 0.0909. The van der Waals surface area contributed by atoms with Gasteiger partial charge in [-0.3, -0.25) is 0 Å². The van der Waals surface area contributed by atoms with Crippen molar-refractivity contribution in [3.63, 3.8) is 0 Å². The van der Waals surface area contributed by atoms with E-state index in [2.05, 4.69) is 0 Å². The largest absolute Gasteiger partial charge is 0.504 e. The molecule has 0 spiro atoms. The van der Waals surface area contributed by atoms with E-state index >= 15 is 0 Å². The van der Waals surface area contributed by atoms with Crippen LogP contribution in [0, 0.1) is 28.5 Å². The number of ether oxygens (including phenoxy) is 1. The van der Waals surface area contributed by atoms with Crippen LogP contribution in [0.5, 0.6) is 11.5 Å². The number of methoxy groups -OCH3 is 1. The Labute approximate surface area is 91.4 Å². The molecule has 0 unspecified atom stereocenters. The number of phenols is 1. The average molecular weight is 218 g/mol. The Balaban J connectivity index is 3.37. The second kappa shape index (κ2) is 4.81.